The first-order valence-corrected chi connectivity index (χ1v) is 13.1. The summed E-state index contributed by atoms with van der Waals surface area (Å²) in [5, 5.41) is 0. The molecule has 0 saturated carbocycles. The molecule has 72 N–H and O–H groups in total. The largest absolute Gasteiger partial charge is 0.822 e. The second-order valence-corrected chi connectivity index (χ2v) is 8.05. The lowest BCUT2D eigenvalue weighted by Gasteiger charge is -2.36. The highest BCUT2D eigenvalue weighted by atomic mass is 31.2. The van der Waals surface area contributed by atoms with Crippen molar-refractivity contribution in [2.75, 3.05) is 0 Å². The van der Waals surface area contributed by atoms with Crippen LogP contribution < -0.4 is 199 Å². The number of rotatable bonds is 0. The zero-order valence-electron chi connectivity index (χ0n) is 30.5. The van der Waals surface area contributed by atoms with E-state index in [1.54, 1.807) is 0 Å². The molecule has 0 bridgehead atoms. The van der Waals surface area contributed by atoms with Crippen molar-refractivity contribution < 1.29 is 115 Å². The molecule has 0 aliphatic rings. The van der Waals surface area contributed by atoms with E-state index >= 15 is 0 Å². The molecule has 48 heteroatoms. The lowest BCUT2D eigenvalue weighted by molar-refractivity contribution is -0.434. The third-order valence-electron chi connectivity index (χ3n) is 0. The molecule has 336 valence electrons. The average Bonchev–Trinajstić information content (AvgIpc) is 1.94. The van der Waals surface area contributed by atoms with Crippen LogP contribution in [0.1, 0.15) is 0 Å². The van der Waals surface area contributed by atoms with Crippen LogP contribution in [0.5, 0.6) is 0 Å². The van der Waals surface area contributed by atoms with Crippen LogP contribution in [0.4, 0.5) is 0 Å². The lowest BCUT2D eigenvalue weighted by atomic mass is 14.0. The van der Waals surface area contributed by atoms with Gasteiger partial charge in [0.05, 0.1) is 0 Å². The predicted molar refractivity (Wildman–Crippen MR) is 153 cm³/mol. The van der Waals surface area contributed by atoms with Gasteiger partial charge < -0.3 is 226 Å². The Morgan fingerprint density at radius 3 is 0.146 bits per heavy atom. The first kappa shape index (κ1) is 184. The van der Waals surface area contributed by atoms with Gasteiger partial charge in [0.2, 0.25) is 0 Å². The van der Waals surface area contributed by atoms with Crippen LogP contribution in [-0.2, 0) is 27.4 Å². The fraction of sp³-hybridized carbons (Fsp3) is 0. The first-order valence-electron chi connectivity index (χ1n) is 4.38. The van der Waals surface area contributed by atoms with Crippen LogP contribution in [0, 0.1) is 0 Å². The van der Waals surface area contributed by atoms with E-state index in [1.807, 2.05) is 0 Å². The standard InChI is InChI=1S/18H3N.6H3O4P/c;;;;;;;;;;;;;;;;;;6*1-5(2,3)4/h18*1H3;6*(H3,1,2,3,4). The van der Waals surface area contributed by atoms with Crippen molar-refractivity contribution in [3.8, 4) is 0 Å². The molecule has 0 aromatic carbocycles. The smallest absolute Gasteiger partial charge is 0.159 e. The molecule has 0 radical (unpaired) electrons. The van der Waals surface area contributed by atoms with E-state index in [4.69, 9.17) is 115 Å². The summed E-state index contributed by atoms with van der Waals surface area (Å²) in [5.74, 6) is 0. The third-order valence-corrected chi connectivity index (χ3v) is 0. The molecule has 42 nitrogen and oxygen atoms in total. The van der Waals surface area contributed by atoms with Crippen molar-refractivity contribution in [1.82, 2.24) is 111 Å². The molecule has 0 aliphatic carbocycles. The Morgan fingerprint density at radius 1 is 0.146 bits per heavy atom. The van der Waals surface area contributed by atoms with Crippen LogP contribution in [0.3, 0.4) is 0 Å². The Bertz CT molecular complexity index is 500. The SMILES string of the molecule is O=P([O-])([O-])[O-].O=P([O-])([O-])[O-].O=P([O-])([O-])[O-].O=P([O-])([O-])[O-].O=P([O-])([O-])[O-].O=P([O-])([O-])[O-].[NH4+].[NH4+].[NH4+].[NH4+].[NH4+].[NH4+].[NH4+].[NH4+].[NH4+].[NH4+].[NH4+].[NH4+].[NH4+].[NH4+].[NH4+].[NH4+].[NH4+].[NH4+]. The van der Waals surface area contributed by atoms with Gasteiger partial charge >= 0.3 is 0 Å². The average molecular weight is 895 g/mol. The van der Waals surface area contributed by atoms with Gasteiger partial charge in [0.15, 0.2) is 0 Å². The van der Waals surface area contributed by atoms with Gasteiger partial charge in [-0.15, -0.1) is 0 Å². The van der Waals surface area contributed by atoms with Crippen molar-refractivity contribution in [2.45, 2.75) is 0 Å². The molecule has 0 aromatic heterocycles. The van der Waals surface area contributed by atoms with Gasteiger partial charge in [0, 0.05) is 0 Å². The molecule has 0 aliphatic heterocycles. The Kier molecular flexibility index (Phi) is 294. The Morgan fingerprint density at radius 2 is 0.146 bits per heavy atom. The van der Waals surface area contributed by atoms with Gasteiger partial charge in [0.1, 0.15) is 0 Å². The highest BCUT2D eigenvalue weighted by Gasteiger charge is 1.46. The number of hydrogen-bond acceptors (Lipinski definition) is 24. The van der Waals surface area contributed by atoms with E-state index in [1.165, 1.54) is 0 Å². The molecule has 0 fully saturated rings. The van der Waals surface area contributed by atoms with Gasteiger partial charge in [-0.05, 0) is 0 Å². The van der Waals surface area contributed by atoms with E-state index < -0.39 is 46.9 Å². The summed E-state index contributed by atoms with van der Waals surface area (Å²) in [6, 6.07) is 0. The highest BCUT2D eigenvalue weighted by molar-refractivity contribution is 7.41. The molecular weight excluding hydrogens is 822 g/mol. The summed E-state index contributed by atoms with van der Waals surface area (Å²) in [6.45, 7) is 0. The van der Waals surface area contributed by atoms with Crippen molar-refractivity contribution in [3.63, 3.8) is 0 Å². The molecule has 0 heterocycles. The van der Waals surface area contributed by atoms with E-state index in [2.05, 4.69) is 0 Å². The second-order valence-electron chi connectivity index (χ2n) is 2.68. The van der Waals surface area contributed by atoms with Crippen molar-refractivity contribution in [2.24, 2.45) is 0 Å². The van der Waals surface area contributed by atoms with Crippen LogP contribution >= 0.6 is 46.9 Å². The molecule has 0 rings (SSSR count). The van der Waals surface area contributed by atoms with E-state index in [0.717, 1.165) is 0 Å². The zero-order valence-corrected chi connectivity index (χ0v) is 35.8. The zero-order chi connectivity index (χ0) is 27.0. The summed E-state index contributed by atoms with van der Waals surface area (Å²) in [6.07, 6.45) is 0. The van der Waals surface area contributed by atoms with Crippen LogP contribution in [0.15, 0.2) is 0 Å². The van der Waals surface area contributed by atoms with Crippen molar-refractivity contribution >= 4 is 46.9 Å². The Labute approximate surface area is 273 Å². The van der Waals surface area contributed by atoms with Crippen molar-refractivity contribution in [1.29, 1.82) is 0 Å². The number of phosphoric acid groups is 6. The first-order chi connectivity index (χ1) is 12.0. The topological polar surface area (TPSA) is 1170 Å². The van der Waals surface area contributed by atoms with Gasteiger partial charge in [-0.25, -0.2) is 0 Å². The summed E-state index contributed by atoms with van der Waals surface area (Å²) in [7, 11) is -32.3. The van der Waals surface area contributed by atoms with Gasteiger partial charge in [-0.1, -0.05) is 0 Å². The van der Waals surface area contributed by atoms with E-state index in [-0.39, 0.29) is 111 Å². The highest BCUT2D eigenvalue weighted by Crippen LogP contribution is 2.05. The maximum atomic E-state index is 8.55. The third kappa shape index (κ3) is 25800000. The molecular formula is H72N18O24P6. The fourth-order valence-electron chi connectivity index (χ4n) is 0. The molecule has 0 atom stereocenters. The maximum Gasteiger partial charge on any atom is -0.159 e. The molecule has 0 amide bonds. The van der Waals surface area contributed by atoms with Crippen LogP contribution in [-0.4, -0.2) is 0 Å². The maximum absolute atomic E-state index is 8.55. The van der Waals surface area contributed by atoms with Gasteiger partial charge in [-0.3, -0.25) is 0 Å². The van der Waals surface area contributed by atoms with Crippen LogP contribution in [0.2, 0.25) is 0 Å². The minimum absolute atomic E-state index is 0. The number of quaternary nitrogens is 18. The molecule has 0 spiro atoms. The summed E-state index contributed by atoms with van der Waals surface area (Å²) >= 11 is 0. The monoisotopic (exact) mass is 894 g/mol. The van der Waals surface area contributed by atoms with Gasteiger partial charge in [-0.2, -0.15) is 46.9 Å². The quantitative estimate of drug-likeness (QED) is 0.100. The minimum atomic E-state index is -5.39. The lowest BCUT2D eigenvalue weighted by Crippen LogP contribution is -2.24. The number of hydrogen-bond donors (Lipinski definition) is 18. The molecule has 0 unspecified atom stereocenters. The molecule has 0 aromatic rings. The summed E-state index contributed by atoms with van der Waals surface area (Å²) in [5.41, 5.74) is 0. The van der Waals surface area contributed by atoms with Crippen LogP contribution in [0.25, 0.3) is 0 Å². The second kappa shape index (κ2) is 76.7. The Hall–Kier alpha value is -0.0600. The normalized spacial score (nSPS) is 7.38. The minimum Gasteiger partial charge on any atom is -0.822 e. The van der Waals surface area contributed by atoms with Crippen molar-refractivity contribution in [3.05, 3.63) is 0 Å². The van der Waals surface area contributed by atoms with Gasteiger partial charge in [0.25, 0.3) is 0 Å². The Balaban J connectivity index is -0.00000000609. The van der Waals surface area contributed by atoms with E-state index in [9.17, 15) is 0 Å². The molecule has 48 heavy (non-hydrogen) atoms. The predicted octanol–water partition coefficient (Wildman–Crippen LogP) is -10.2. The molecule has 0 saturated heterocycles. The van der Waals surface area contributed by atoms with E-state index in [0.29, 0.717) is 0 Å². The fourth-order valence-corrected chi connectivity index (χ4v) is 0. The summed E-state index contributed by atoms with van der Waals surface area (Å²) < 4.78 is 51.3. The summed E-state index contributed by atoms with van der Waals surface area (Å²) in [4.78, 5) is 154.